The molecule has 0 spiro atoms. The predicted molar refractivity (Wildman–Crippen MR) is 60.9 cm³/mol. The van der Waals surface area contributed by atoms with Crippen molar-refractivity contribution in [3.8, 4) is 17.6 Å². The average Bonchev–Trinajstić information content (AvgIpc) is 2.31. The topological polar surface area (TPSA) is 61.5 Å². The largest absolute Gasteiger partial charge is 0.495 e. The highest BCUT2D eigenvalue weighted by atomic mass is 16.5. The predicted octanol–water partition coefficient (Wildman–Crippen LogP) is 1.19. The van der Waals surface area contributed by atoms with Gasteiger partial charge in [0.2, 0.25) is 0 Å². The Bertz CT molecular complexity index is 443. The zero-order chi connectivity index (χ0) is 12.0. The number of esters is 1. The van der Waals surface area contributed by atoms with Gasteiger partial charge in [-0.1, -0.05) is 11.8 Å². The van der Waals surface area contributed by atoms with Gasteiger partial charge in [-0.05, 0) is 18.2 Å². The molecule has 84 valence electrons. The minimum absolute atomic E-state index is 0.0726. The molecule has 0 unspecified atom stereocenters. The fourth-order valence-electron chi connectivity index (χ4n) is 1.08. The monoisotopic (exact) mass is 219 g/mol. The van der Waals surface area contributed by atoms with Crippen molar-refractivity contribution < 1.29 is 14.3 Å². The standard InChI is InChI=1S/C12H13NO3/c1-15-11-8-9(6-7-10(11)13)4-3-5-12(14)16-2/h6-8H,5,13H2,1-2H3. The molecule has 4 heteroatoms. The fourth-order valence-corrected chi connectivity index (χ4v) is 1.08. The van der Waals surface area contributed by atoms with Gasteiger partial charge in [0.05, 0.1) is 19.9 Å². The van der Waals surface area contributed by atoms with Crippen LogP contribution in [-0.2, 0) is 9.53 Å². The van der Waals surface area contributed by atoms with Crippen LogP contribution in [-0.4, -0.2) is 20.2 Å². The van der Waals surface area contributed by atoms with E-state index in [9.17, 15) is 4.79 Å². The number of methoxy groups -OCH3 is 2. The van der Waals surface area contributed by atoms with Crippen molar-refractivity contribution in [1.29, 1.82) is 0 Å². The van der Waals surface area contributed by atoms with Crippen LogP contribution in [0.15, 0.2) is 18.2 Å². The van der Waals surface area contributed by atoms with Crippen LogP contribution in [0.25, 0.3) is 0 Å². The minimum Gasteiger partial charge on any atom is -0.495 e. The molecule has 0 fully saturated rings. The Kier molecular flexibility index (Phi) is 4.22. The molecule has 1 aromatic carbocycles. The van der Waals surface area contributed by atoms with E-state index in [0.717, 1.165) is 5.56 Å². The van der Waals surface area contributed by atoms with Crippen molar-refractivity contribution in [2.24, 2.45) is 0 Å². The van der Waals surface area contributed by atoms with E-state index in [0.29, 0.717) is 11.4 Å². The van der Waals surface area contributed by atoms with Gasteiger partial charge in [-0.15, -0.1) is 0 Å². The summed E-state index contributed by atoms with van der Waals surface area (Å²) in [6, 6.07) is 5.20. The first-order valence-electron chi connectivity index (χ1n) is 4.66. The molecule has 2 N–H and O–H groups in total. The summed E-state index contributed by atoms with van der Waals surface area (Å²) in [6.07, 6.45) is 0.0726. The lowest BCUT2D eigenvalue weighted by atomic mass is 10.2. The Morgan fingerprint density at radius 1 is 1.44 bits per heavy atom. The third-order valence-corrected chi connectivity index (χ3v) is 1.93. The second kappa shape index (κ2) is 5.66. The molecule has 0 saturated carbocycles. The first-order valence-corrected chi connectivity index (χ1v) is 4.66. The minimum atomic E-state index is -0.352. The molecule has 0 saturated heterocycles. The summed E-state index contributed by atoms with van der Waals surface area (Å²) < 4.78 is 9.52. The van der Waals surface area contributed by atoms with Crippen LogP contribution >= 0.6 is 0 Å². The molecule has 0 aliphatic carbocycles. The van der Waals surface area contributed by atoms with Crippen molar-refractivity contribution >= 4 is 11.7 Å². The van der Waals surface area contributed by atoms with E-state index in [-0.39, 0.29) is 12.4 Å². The van der Waals surface area contributed by atoms with E-state index in [2.05, 4.69) is 16.6 Å². The van der Waals surface area contributed by atoms with E-state index in [1.54, 1.807) is 18.2 Å². The Morgan fingerprint density at radius 2 is 2.19 bits per heavy atom. The maximum atomic E-state index is 10.8. The third kappa shape index (κ3) is 3.21. The molecule has 0 amide bonds. The summed E-state index contributed by atoms with van der Waals surface area (Å²) in [6.45, 7) is 0. The fraction of sp³-hybridized carbons (Fsp3) is 0.250. The number of anilines is 1. The number of carbonyl (C=O) groups excluding carboxylic acids is 1. The van der Waals surface area contributed by atoms with Gasteiger partial charge in [-0.2, -0.15) is 0 Å². The number of nitrogens with two attached hydrogens (primary N) is 1. The average molecular weight is 219 g/mol. The van der Waals surface area contributed by atoms with E-state index in [1.165, 1.54) is 14.2 Å². The van der Waals surface area contributed by atoms with Gasteiger partial charge in [0.1, 0.15) is 12.2 Å². The molecule has 0 radical (unpaired) electrons. The first-order chi connectivity index (χ1) is 7.67. The van der Waals surface area contributed by atoms with E-state index in [1.807, 2.05) is 0 Å². The maximum Gasteiger partial charge on any atom is 0.317 e. The maximum absolute atomic E-state index is 10.8. The normalized spacial score (nSPS) is 8.88. The first kappa shape index (κ1) is 11.9. The van der Waals surface area contributed by atoms with E-state index in [4.69, 9.17) is 10.5 Å². The lowest BCUT2D eigenvalue weighted by molar-refractivity contribution is -0.139. The molecular formula is C12H13NO3. The van der Waals surface area contributed by atoms with Crippen LogP contribution in [0.2, 0.25) is 0 Å². The summed E-state index contributed by atoms with van der Waals surface area (Å²) in [5.74, 6) is 5.75. The van der Waals surface area contributed by atoms with Crippen LogP contribution in [0, 0.1) is 11.8 Å². The van der Waals surface area contributed by atoms with Crippen molar-refractivity contribution in [2.75, 3.05) is 20.0 Å². The van der Waals surface area contributed by atoms with E-state index < -0.39 is 0 Å². The van der Waals surface area contributed by atoms with Gasteiger partial charge in [-0.3, -0.25) is 4.79 Å². The van der Waals surface area contributed by atoms with Gasteiger partial charge in [0, 0.05) is 5.56 Å². The Balaban J connectivity index is 2.78. The Morgan fingerprint density at radius 3 is 2.81 bits per heavy atom. The number of carbonyl (C=O) groups is 1. The molecule has 0 aliphatic rings. The summed E-state index contributed by atoms with van der Waals surface area (Å²) in [4.78, 5) is 10.8. The summed E-state index contributed by atoms with van der Waals surface area (Å²) >= 11 is 0. The van der Waals surface area contributed by atoms with Gasteiger partial charge >= 0.3 is 5.97 Å². The number of benzene rings is 1. The second-order valence-corrected chi connectivity index (χ2v) is 3.01. The Hall–Kier alpha value is -2.15. The van der Waals surface area contributed by atoms with Crippen LogP contribution < -0.4 is 10.5 Å². The van der Waals surface area contributed by atoms with E-state index >= 15 is 0 Å². The van der Waals surface area contributed by atoms with Crippen molar-refractivity contribution in [3.63, 3.8) is 0 Å². The van der Waals surface area contributed by atoms with Crippen molar-refractivity contribution in [3.05, 3.63) is 23.8 Å². The molecule has 0 bridgehead atoms. The lowest BCUT2D eigenvalue weighted by Gasteiger charge is -2.03. The van der Waals surface area contributed by atoms with Crippen LogP contribution in [0.4, 0.5) is 5.69 Å². The molecule has 1 rings (SSSR count). The molecule has 4 nitrogen and oxygen atoms in total. The summed E-state index contributed by atoms with van der Waals surface area (Å²) in [5, 5.41) is 0. The van der Waals surface area contributed by atoms with Gasteiger partial charge in [-0.25, -0.2) is 0 Å². The molecule has 16 heavy (non-hydrogen) atoms. The molecule has 0 atom stereocenters. The number of ether oxygens (including phenoxy) is 2. The SMILES string of the molecule is COC(=O)CC#Cc1ccc(N)c(OC)c1. The number of hydrogen-bond donors (Lipinski definition) is 1. The van der Waals surface area contributed by atoms with Crippen molar-refractivity contribution in [2.45, 2.75) is 6.42 Å². The number of rotatable bonds is 2. The molecule has 0 aromatic heterocycles. The molecular weight excluding hydrogens is 206 g/mol. The highest BCUT2D eigenvalue weighted by Crippen LogP contribution is 2.21. The number of nitrogen functional groups attached to an aromatic ring is 1. The summed E-state index contributed by atoms with van der Waals surface area (Å²) in [7, 11) is 2.87. The van der Waals surface area contributed by atoms with Gasteiger partial charge in [0.15, 0.2) is 0 Å². The molecule has 0 aliphatic heterocycles. The molecule has 1 aromatic rings. The zero-order valence-electron chi connectivity index (χ0n) is 9.24. The molecule has 0 heterocycles. The van der Waals surface area contributed by atoms with Gasteiger partial charge in [0.25, 0.3) is 0 Å². The summed E-state index contributed by atoms with van der Waals surface area (Å²) in [5.41, 5.74) is 6.95. The Labute approximate surface area is 94.3 Å². The van der Waals surface area contributed by atoms with Crippen LogP contribution in [0.5, 0.6) is 5.75 Å². The third-order valence-electron chi connectivity index (χ3n) is 1.93. The lowest BCUT2D eigenvalue weighted by Crippen LogP contribution is -1.97. The quantitative estimate of drug-likeness (QED) is 0.461. The number of hydrogen-bond acceptors (Lipinski definition) is 4. The highest BCUT2D eigenvalue weighted by molar-refractivity contribution is 5.72. The van der Waals surface area contributed by atoms with Crippen LogP contribution in [0.3, 0.4) is 0 Å². The zero-order valence-corrected chi connectivity index (χ0v) is 9.24. The second-order valence-electron chi connectivity index (χ2n) is 3.01. The van der Waals surface area contributed by atoms with Crippen LogP contribution in [0.1, 0.15) is 12.0 Å². The smallest absolute Gasteiger partial charge is 0.317 e. The highest BCUT2D eigenvalue weighted by Gasteiger charge is 1.99. The van der Waals surface area contributed by atoms with Crippen molar-refractivity contribution in [1.82, 2.24) is 0 Å². The van der Waals surface area contributed by atoms with Gasteiger partial charge < -0.3 is 15.2 Å².